The Bertz CT molecular complexity index is 6990. The molecular weight excluding hydrogens is 1870 g/mol. The number of nitrogens with one attached hydrogen (secondary N) is 6. The summed E-state index contributed by atoms with van der Waals surface area (Å²) in [6.45, 7) is 56.8. The highest BCUT2D eigenvalue weighted by Crippen LogP contribution is 2.45. The van der Waals surface area contributed by atoms with Crippen LogP contribution in [0.4, 0.5) is 41.4 Å². The quantitative estimate of drug-likeness (QED) is 0.0178. The van der Waals surface area contributed by atoms with Gasteiger partial charge in [0.1, 0.15) is 0 Å². The van der Waals surface area contributed by atoms with Gasteiger partial charge in [-0.1, -0.05) is 167 Å². The Morgan fingerprint density at radius 1 is 0.405 bits per heavy atom. The summed E-state index contributed by atoms with van der Waals surface area (Å²) in [6.07, 6.45) is 18.2. The van der Waals surface area contributed by atoms with E-state index < -0.39 is 11.2 Å². The molecule has 13 aromatic rings. The first kappa shape index (κ1) is 112. The van der Waals surface area contributed by atoms with Crippen LogP contribution in [0.25, 0.3) is 76.9 Å². The number of aromatic nitrogens is 13. The number of nitrogens with zero attached hydrogens (tertiary/aromatic N) is 14. The van der Waals surface area contributed by atoms with E-state index in [0.29, 0.717) is 126 Å². The highest BCUT2D eigenvalue weighted by Gasteiger charge is 2.37. The standard InChI is InChI=1S/C20H27N3O3.2C20H29N3O2.C19H21N5O2.2C18H25N3O2/c1-5-26-18(25)13-9-10-15-16(11-13)23(14-7-6-8-14)19(21-15)22-17(24)12-20(2,3)4;1-19(2,3)12-17(24)22-18-21-15-10-9-13(20(4,5)25)11-16(15)23(18)14-7-6-8-14;1-12(2)13(3)18(24)22-19-21-16-10-9-14(20(4,5)25)11-17(16)23(19)15-7-6-8-15;1-11-9-16(26-23-11)24-15-10-13(20-6)7-8-14(15)21-18(24)22-17(25)12(2)19(3,4)5;1-18(2,3)10-16(23)20-17-19-14-8-7-12(11-22)9-15(14)21(17)13-5-4-6-13;1-11(2)12(3)17(23)20-18-19-15-8-7-13(10-22)9-16(15)21(18)14-5-4-6-14/h9-11,14H,5-8,12H2,1-4H3,(H,21,22,24);9-11,14,25H,6-8,12H2,1-5H3,(H,21,22,24);9-13,15,25H,6-8H2,1-5H3,(H,21,22,24);7-10,12H,1-5H3,(H,21,22,25);7-9,13,22H,4-6,10-11H2,1-3H3,(H,19,20,23);7-9,11-12,14,22H,4-6,10H2,1-3H3,(H,19,20,23)/t;;13-;12-;;12-/m..01.0/s1. The number of carbonyl (C=O) groups is 7. The normalized spacial score (nSPS) is 15.4. The summed E-state index contributed by atoms with van der Waals surface area (Å²) in [4.78, 5) is 118. The van der Waals surface area contributed by atoms with E-state index in [0.717, 1.165) is 148 Å². The van der Waals surface area contributed by atoms with Crippen LogP contribution >= 0.6 is 0 Å². The number of benzene rings is 6. The van der Waals surface area contributed by atoms with Gasteiger partial charge >= 0.3 is 5.97 Å². The molecule has 5 aliphatic rings. The van der Waals surface area contributed by atoms with Gasteiger partial charge in [0.2, 0.25) is 77.0 Å². The molecule has 148 heavy (non-hydrogen) atoms. The summed E-state index contributed by atoms with van der Waals surface area (Å²) in [6, 6.07) is 37.3. The molecule has 33 nitrogen and oxygen atoms in total. The van der Waals surface area contributed by atoms with Crippen LogP contribution < -0.4 is 31.9 Å². The summed E-state index contributed by atoms with van der Waals surface area (Å²) in [5.41, 5.74) is 13.3. The number of carbonyl (C=O) groups excluding carboxylic acids is 7. The number of aliphatic hydroxyl groups is 4. The third kappa shape index (κ3) is 27.5. The van der Waals surface area contributed by atoms with Gasteiger partial charge in [0.15, 0.2) is 5.69 Å². The lowest BCUT2D eigenvalue weighted by molar-refractivity contribution is -0.122. The minimum atomic E-state index is -0.904. The maximum absolute atomic E-state index is 12.7. The molecule has 0 saturated heterocycles. The van der Waals surface area contributed by atoms with Gasteiger partial charge in [-0.05, 0) is 272 Å². The van der Waals surface area contributed by atoms with Crippen LogP contribution in [0.5, 0.6) is 0 Å². The number of fused-ring (bicyclic) bond motifs is 6. The molecule has 3 atom stereocenters. The summed E-state index contributed by atoms with van der Waals surface area (Å²) in [5, 5.41) is 61.3. The van der Waals surface area contributed by atoms with Crippen molar-refractivity contribution in [3.8, 4) is 5.88 Å². The van der Waals surface area contributed by atoms with E-state index in [2.05, 4.69) is 150 Å². The van der Waals surface area contributed by atoms with Gasteiger partial charge in [-0.15, -0.1) is 0 Å². The Morgan fingerprint density at radius 3 is 1.01 bits per heavy atom. The van der Waals surface area contributed by atoms with Crippen molar-refractivity contribution >= 4 is 149 Å². The molecule has 7 heterocycles. The number of anilines is 6. The van der Waals surface area contributed by atoms with Crippen LogP contribution in [0.15, 0.2) is 120 Å². The van der Waals surface area contributed by atoms with Crippen LogP contribution in [0.2, 0.25) is 0 Å². The van der Waals surface area contributed by atoms with Gasteiger partial charge in [0.05, 0.1) is 115 Å². The zero-order valence-electron chi connectivity index (χ0n) is 91.3. The molecule has 0 bridgehead atoms. The first-order valence-electron chi connectivity index (χ1n) is 52.7. The third-order valence-corrected chi connectivity index (χ3v) is 28.7. The second-order valence-corrected chi connectivity index (χ2v) is 47.2. The summed E-state index contributed by atoms with van der Waals surface area (Å²) in [5.74, 6) is 3.60. The summed E-state index contributed by atoms with van der Waals surface area (Å²) < 4.78 is 22.8. The molecule has 18 rings (SSSR count). The lowest BCUT2D eigenvalue weighted by Gasteiger charge is -2.29. The van der Waals surface area contributed by atoms with E-state index in [4.69, 9.17) is 15.8 Å². The van der Waals surface area contributed by atoms with Gasteiger partial charge < -0.3 is 52.5 Å². The summed E-state index contributed by atoms with van der Waals surface area (Å²) in [7, 11) is 0. The monoisotopic (exact) mass is 2030 g/mol. The van der Waals surface area contributed by atoms with E-state index >= 15 is 0 Å². The topological polar surface area (TPSA) is 419 Å². The van der Waals surface area contributed by atoms with Gasteiger partial charge in [0, 0.05) is 73.3 Å². The maximum atomic E-state index is 12.7. The minimum Gasteiger partial charge on any atom is -0.462 e. The lowest BCUT2D eigenvalue weighted by atomic mass is 9.81. The van der Waals surface area contributed by atoms with Crippen molar-refractivity contribution in [2.75, 3.05) is 38.5 Å². The zero-order chi connectivity index (χ0) is 108. The molecule has 0 radical (unpaired) electrons. The smallest absolute Gasteiger partial charge is 0.338 e. The fourth-order valence-electron chi connectivity index (χ4n) is 17.9. The Morgan fingerprint density at radius 2 is 0.716 bits per heavy atom. The number of imidazole rings is 6. The Hall–Kier alpha value is -13.0. The van der Waals surface area contributed by atoms with Crippen molar-refractivity contribution in [1.29, 1.82) is 0 Å². The fourth-order valence-corrected chi connectivity index (χ4v) is 17.9. The van der Waals surface area contributed by atoms with Crippen molar-refractivity contribution < 1.29 is 63.2 Å². The van der Waals surface area contributed by atoms with Crippen molar-refractivity contribution in [3.63, 3.8) is 0 Å². The Balaban J connectivity index is 0.000000148. The van der Waals surface area contributed by atoms with Crippen molar-refractivity contribution in [2.24, 2.45) is 51.2 Å². The van der Waals surface area contributed by atoms with Crippen LogP contribution in [0.1, 0.15) is 350 Å². The number of amides is 6. The molecule has 5 aliphatic carbocycles. The average molecular weight is 2030 g/mol. The molecule has 10 N–H and O–H groups in total. The van der Waals surface area contributed by atoms with Gasteiger partial charge in [-0.2, -0.15) is 0 Å². The zero-order valence-corrected chi connectivity index (χ0v) is 91.3. The molecule has 6 amide bonds. The van der Waals surface area contributed by atoms with E-state index in [1.807, 2.05) is 168 Å². The highest BCUT2D eigenvalue weighted by atomic mass is 16.5. The molecule has 5 fully saturated rings. The molecule has 6 aromatic carbocycles. The average Bonchev–Trinajstić information content (AvgIpc) is 1.62. The van der Waals surface area contributed by atoms with Crippen LogP contribution in [0.3, 0.4) is 0 Å². The molecule has 0 spiro atoms. The van der Waals surface area contributed by atoms with Gasteiger partial charge in [-0.3, -0.25) is 60.7 Å². The van der Waals surface area contributed by atoms with Gasteiger partial charge in [0.25, 0.3) is 0 Å². The summed E-state index contributed by atoms with van der Waals surface area (Å²) >= 11 is 0. The van der Waals surface area contributed by atoms with Crippen molar-refractivity contribution in [1.82, 2.24) is 62.5 Å². The van der Waals surface area contributed by atoms with E-state index in [9.17, 15) is 54.0 Å². The van der Waals surface area contributed by atoms with Crippen LogP contribution in [-0.2, 0) is 57.9 Å². The number of ether oxygens (including phenoxy) is 1. The predicted molar refractivity (Wildman–Crippen MR) is 584 cm³/mol. The highest BCUT2D eigenvalue weighted by molar-refractivity contribution is 5.99. The molecule has 33 heteroatoms. The van der Waals surface area contributed by atoms with E-state index in [-0.39, 0.29) is 106 Å². The number of hydrogen-bond donors (Lipinski definition) is 10. The fraction of sp³-hybridized carbons (Fsp3) is 0.539. The Labute approximate surface area is 869 Å². The number of hydrogen-bond acceptors (Lipinski definition) is 20. The largest absolute Gasteiger partial charge is 0.462 e. The predicted octanol–water partition coefficient (Wildman–Crippen LogP) is 24.5. The van der Waals surface area contributed by atoms with E-state index in [1.54, 1.807) is 69.5 Å². The first-order chi connectivity index (χ1) is 69.6. The first-order valence-corrected chi connectivity index (χ1v) is 52.7. The number of aryl methyl sites for hydroxylation is 1. The van der Waals surface area contributed by atoms with Crippen LogP contribution in [-0.4, -0.2) is 131 Å². The SMILES string of the molecule is CC(C)(C)CC(=O)Nc1nc2ccc(C(C)(C)O)cc2n1C1CCC1.CC(C)(C)CC(=O)Nc1nc2ccc(CO)cc2n1C1CCC1.CC(C)[C@H](C)C(=O)Nc1nc2ccc(C(C)(C)O)cc2n1C1CCC1.CC(C)[C@H](C)C(=O)Nc1nc2ccc(CO)cc2n1C1CCC1.CCOC(=O)c1ccc2nc(NC(=O)CC(C)(C)C)n(C3CCC3)c2c1.[C-]#[N+]c1ccc2nc(NC(=O)[C@@H](C)C(C)(C)C)n(-c3cc(C)no3)c2c1. The molecule has 7 aromatic heterocycles. The molecule has 0 aliphatic heterocycles. The van der Waals surface area contributed by atoms with Crippen molar-refractivity contribution in [3.05, 3.63) is 160 Å². The van der Waals surface area contributed by atoms with Crippen LogP contribution in [0, 0.1) is 64.7 Å². The third-order valence-electron chi connectivity index (χ3n) is 28.7. The van der Waals surface area contributed by atoms with E-state index in [1.165, 1.54) is 25.7 Å². The number of aliphatic hydroxyl groups excluding tert-OH is 2. The van der Waals surface area contributed by atoms with Gasteiger partial charge in [-0.25, -0.2) is 44.1 Å². The second-order valence-electron chi connectivity index (χ2n) is 47.2. The second kappa shape index (κ2) is 46.4. The molecule has 5 saturated carbocycles. The number of esters is 1. The lowest BCUT2D eigenvalue weighted by Crippen LogP contribution is -2.31. The maximum Gasteiger partial charge on any atom is 0.338 e. The Kier molecular flexibility index (Phi) is 35.2. The minimum absolute atomic E-state index is 0.00392. The molecular formula is C115H156N20O13. The molecule has 794 valence electrons. The van der Waals surface area contributed by atoms with Crippen molar-refractivity contribution in [2.45, 2.75) is 343 Å². The number of rotatable bonds is 26. The molecule has 0 unspecified atom stereocenters.